The van der Waals surface area contributed by atoms with E-state index in [0.29, 0.717) is 23.7 Å². The molecule has 1 aliphatic rings. The first-order chi connectivity index (χ1) is 9.92. The number of hydrogen-bond donors (Lipinski definition) is 2. The number of aliphatic carboxylic acids is 1. The largest absolute Gasteiger partial charge is 0.481 e. The van der Waals surface area contributed by atoms with E-state index < -0.39 is 17.8 Å². The van der Waals surface area contributed by atoms with Gasteiger partial charge in [0.25, 0.3) is 0 Å². The zero-order valence-electron chi connectivity index (χ0n) is 12.0. The van der Waals surface area contributed by atoms with Gasteiger partial charge in [-0.1, -0.05) is 13.3 Å². The zero-order valence-corrected chi connectivity index (χ0v) is 12.8. The van der Waals surface area contributed by atoms with Gasteiger partial charge in [-0.2, -0.15) is 0 Å². The lowest BCUT2D eigenvalue weighted by Gasteiger charge is -2.14. The number of hydrogen-bond acceptors (Lipinski definition) is 5. The number of thiazole rings is 1. The van der Waals surface area contributed by atoms with Gasteiger partial charge in [-0.3, -0.25) is 14.4 Å². The lowest BCUT2D eigenvalue weighted by atomic mass is 9.95. The maximum Gasteiger partial charge on any atom is 0.307 e. The average molecular weight is 310 g/mol. The summed E-state index contributed by atoms with van der Waals surface area (Å²) < 4.78 is 0. The Hall–Kier alpha value is -1.76. The lowest BCUT2D eigenvalue weighted by molar-refractivity contribution is -0.145. The van der Waals surface area contributed by atoms with Gasteiger partial charge in [-0.15, -0.1) is 11.3 Å². The Balaban J connectivity index is 2.07. The first kappa shape index (κ1) is 15.6. The van der Waals surface area contributed by atoms with Crippen LogP contribution >= 0.6 is 11.3 Å². The standard InChI is InChI=1S/C14H18N2O4S/c1-3-8-4-9(10(5-8)13(19)20)12(18)16-14-15-11(6-21-14)7(2)17/h6,8-10H,3-5H2,1-2H3,(H,19,20)(H,15,16,18)/t8?,9-,10+/m0/s1. The molecule has 1 aromatic heterocycles. The highest BCUT2D eigenvalue weighted by Gasteiger charge is 2.42. The van der Waals surface area contributed by atoms with Gasteiger partial charge < -0.3 is 10.4 Å². The molecule has 0 aliphatic heterocycles. The van der Waals surface area contributed by atoms with Crippen LogP contribution in [0.25, 0.3) is 0 Å². The van der Waals surface area contributed by atoms with Gasteiger partial charge >= 0.3 is 5.97 Å². The molecule has 7 heteroatoms. The van der Waals surface area contributed by atoms with Crippen molar-refractivity contribution in [2.75, 3.05) is 5.32 Å². The van der Waals surface area contributed by atoms with Crippen LogP contribution in [0.5, 0.6) is 0 Å². The molecule has 0 spiro atoms. The first-order valence-electron chi connectivity index (χ1n) is 6.92. The molecule has 6 nitrogen and oxygen atoms in total. The SMILES string of the molecule is CCC1C[C@H](C(=O)Nc2nc(C(C)=O)cs2)[C@H](C(=O)O)C1. The Morgan fingerprint density at radius 3 is 2.57 bits per heavy atom. The summed E-state index contributed by atoms with van der Waals surface area (Å²) in [7, 11) is 0. The third-order valence-corrected chi connectivity index (χ3v) is 4.74. The normalized spacial score (nSPS) is 24.8. The highest BCUT2D eigenvalue weighted by molar-refractivity contribution is 7.14. The molecule has 1 aliphatic carbocycles. The minimum atomic E-state index is -0.922. The van der Waals surface area contributed by atoms with Crippen LogP contribution in [-0.4, -0.2) is 27.8 Å². The van der Waals surface area contributed by atoms with E-state index in [-0.39, 0.29) is 17.6 Å². The van der Waals surface area contributed by atoms with E-state index in [1.807, 2.05) is 6.92 Å². The van der Waals surface area contributed by atoms with Crippen LogP contribution < -0.4 is 5.32 Å². The summed E-state index contributed by atoms with van der Waals surface area (Å²) in [4.78, 5) is 38.8. The van der Waals surface area contributed by atoms with Gasteiger partial charge in [0.05, 0.1) is 11.8 Å². The monoisotopic (exact) mass is 310 g/mol. The second-order valence-electron chi connectivity index (χ2n) is 5.38. The van der Waals surface area contributed by atoms with E-state index in [2.05, 4.69) is 10.3 Å². The van der Waals surface area contributed by atoms with Crippen molar-refractivity contribution in [2.45, 2.75) is 33.1 Å². The van der Waals surface area contributed by atoms with Gasteiger partial charge in [0.1, 0.15) is 5.69 Å². The summed E-state index contributed by atoms with van der Waals surface area (Å²) >= 11 is 1.17. The molecule has 1 heterocycles. The maximum atomic E-state index is 12.3. The van der Waals surface area contributed by atoms with Crippen molar-refractivity contribution in [3.63, 3.8) is 0 Å². The first-order valence-corrected chi connectivity index (χ1v) is 7.80. The van der Waals surface area contributed by atoms with Crippen molar-refractivity contribution in [3.8, 4) is 0 Å². The van der Waals surface area contributed by atoms with E-state index >= 15 is 0 Å². The van der Waals surface area contributed by atoms with E-state index in [4.69, 9.17) is 0 Å². The Bertz CT molecular complexity index is 569. The molecule has 3 atom stereocenters. The number of nitrogens with one attached hydrogen (secondary N) is 1. The number of aromatic nitrogens is 1. The van der Waals surface area contributed by atoms with Gasteiger partial charge in [0.2, 0.25) is 5.91 Å². The van der Waals surface area contributed by atoms with Crippen LogP contribution in [0.4, 0.5) is 5.13 Å². The van der Waals surface area contributed by atoms with Crippen molar-refractivity contribution in [1.82, 2.24) is 4.98 Å². The summed E-state index contributed by atoms with van der Waals surface area (Å²) in [5.74, 6) is -2.30. The number of ketones is 1. The smallest absolute Gasteiger partial charge is 0.307 e. The molecule has 21 heavy (non-hydrogen) atoms. The van der Waals surface area contributed by atoms with Crippen LogP contribution in [0.3, 0.4) is 0 Å². The fraction of sp³-hybridized carbons (Fsp3) is 0.571. The Kier molecular flexibility index (Phi) is 4.72. The number of carboxylic acids is 1. The fourth-order valence-corrected chi connectivity index (χ4v) is 3.48. The maximum absolute atomic E-state index is 12.3. The summed E-state index contributed by atoms with van der Waals surface area (Å²) in [6.07, 6.45) is 2.00. The van der Waals surface area contributed by atoms with Crippen molar-refractivity contribution >= 4 is 34.1 Å². The van der Waals surface area contributed by atoms with Crippen LogP contribution in [0.2, 0.25) is 0 Å². The Labute approximate surface area is 126 Å². The second kappa shape index (κ2) is 6.34. The number of nitrogens with zero attached hydrogens (tertiary/aromatic N) is 1. The number of amides is 1. The van der Waals surface area contributed by atoms with Gasteiger partial charge in [-0.25, -0.2) is 4.98 Å². The minimum absolute atomic E-state index is 0.165. The van der Waals surface area contributed by atoms with Crippen LogP contribution in [0.1, 0.15) is 43.6 Å². The van der Waals surface area contributed by atoms with E-state index in [0.717, 1.165) is 6.42 Å². The predicted octanol–water partition coefficient (Wildman–Crippen LogP) is 2.42. The number of carbonyl (C=O) groups is 3. The number of carbonyl (C=O) groups excluding carboxylic acids is 2. The molecule has 1 saturated carbocycles. The predicted molar refractivity (Wildman–Crippen MR) is 78.4 cm³/mol. The average Bonchev–Trinajstić information content (AvgIpc) is 3.04. The summed E-state index contributed by atoms with van der Waals surface area (Å²) in [6.45, 7) is 3.41. The molecule has 114 valence electrons. The molecular formula is C14H18N2O4S. The van der Waals surface area contributed by atoms with Gasteiger partial charge in [0, 0.05) is 12.3 Å². The zero-order chi connectivity index (χ0) is 15.6. The molecule has 1 fully saturated rings. The van der Waals surface area contributed by atoms with E-state index in [9.17, 15) is 19.5 Å². The molecule has 2 N–H and O–H groups in total. The van der Waals surface area contributed by atoms with E-state index in [1.165, 1.54) is 18.3 Å². The molecule has 1 amide bonds. The summed E-state index contributed by atoms with van der Waals surface area (Å²) in [5.41, 5.74) is 0.308. The molecule has 0 bridgehead atoms. The number of anilines is 1. The van der Waals surface area contributed by atoms with Crippen molar-refractivity contribution in [1.29, 1.82) is 0 Å². The van der Waals surface area contributed by atoms with E-state index in [1.54, 1.807) is 5.38 Å². The van der Waals surface area contributed by atoms with Crippen LogP contribution in [0.15, 0.2) is 5.38 Å². The van der Waals surface area contributed by atoms with Gasteiger partial charge in [-0.05, 0) is 18.8 Å². The second-order valence-corrected chi connectivity index (χ2v) is 6.24. The Morgan fingerprint density at radius 1 is 1.38 bits per heavy atom. The third kappa shape index (κ3) is 3.47. The molecule has 2 rings (SSSR count). The third-order valence-electron chi connectivity index (χ3n) is 3.99. The van der Waals surface area contributed by atoms with Crippen LogP contribution in [-0.2, 0) is 9.59 Å². The number of Topliss-reactive ketones (excluding diaryl/α,β-unsaturated/α-hetero) is 1. The molecule has 0 saturated heterocycles. The van der Waals surface area contributed by atoms with Crippen LogP contribution in [0, 0.1) is 17.8 Å². The quantitative estimate of drug-likeness (QED) is 0.814. The highest BCUT2D eigenvalue weighted by atomic mass is 32.1. The van der Waals surface area contributed by atoms with Crippen molar-refractivity contribution in [2.24, 2.45) is 17.8 Å². The topological polar surface area (TPSA) is 96.4 Å². The highest BCUT2D eigenvalue weighted by Crippen LogP contribution is 2.39. The van der Waals surface area contributed by atoms with Gasteiger partial charge in [0.15, 0.2) is 10.9 Å². The molecule has 0 aromatic carbocycles. The molecular weight excluding hydrogens is 292 g/mol. The minimum Gasteiger partial charge on any atom is -0.481 e. The molecule has 1 unspecified atom stereocenters. The van der Waals surface area contributed by atoms with Crippen molar-refractivity contribution in [3.05, 3.63) is 11.1 Å². The summed E-state index contributed by atoms with van der Waals surface area (Å²) in [6, 6.07) is 0. The summed E-state index contributed by atoms with van der Waals surface area (Å²) in [5, 5.41) is 13.8. The Morgan fingerprint density at radius 2 is 2.05 bits per heavy atom. The molecule has 1 aromatic rings. The number of carboxylic acid groups (broad SMARTS) is 1. The molecule has 0 radical (unpaired) electrons. The van der Waals surface area contributed by atoms with Crippen molar-refractivity contribution < 1.29 is 19.5 Å². The fourth-order valence-electron chi connectivity index (χ4n) is 2.73. The lowest BCUT2D eigenvalue weighted by Crippen LogP contribution is -2.30. The number of rotatable bonds is 5.